The monoisotopic (exact) mass is 213 g/mol. The molecule has 2 rings (SSSR count). The molecule has 1 aromatic carbocycles. The van der Waals surface area contributed by atoms with Crippen LogP contribution in [0.2, 0.25) is 0 Å². The van der Waals surface area contributed by atoms with E-state index in [-0.39, 0.29) is 17.7 Å². The van der Waals surface area contributed by atoms with E-state index in [1.165, 1.54) is 0 Å². The van der Waals surface area contributed by atoms with Crippen LogP contribution in [0.1, 0.15) is 12.0 Å². The molecule has 0 aromatic heterocycles. The number of hydrogen-bond donors (Lipinski definition) is 0. The Balaban J connectivity index is 1.92. The Morgan fingerprint density at radius 2 is 2.19 bits per heavy atom. The number of benzene rings is 1. The molecule has 16 heavy (non-hydrogen) atoms. The number of nitrogens with zero attached hydrogens (tertiary/aromatic N) is 3. The van der Waals surface area contributed by atoms with Crippen molar-refractivity contribution >= 4 is 12.0 Å². The molecule has 4 nitrogen and oxygen atoms in total. The third-order valence-electron chi connectivity index (χ3n) is 2.64. The molecule has 1 saturated carbocycles. The van der Waals surface area contributed by atoms with Crippen molar-refractivity contribution in [3.8, 4) is 0 Å². The van der Waals surface area contributed by atoms with Crippen molar-refractivity contribution in [2.75, 3.05) is 0 Å². The van der Waals surface area contributed by atoms with Crippen LogP contribution in [0, 0.1) is 11.8 Å². The van der Waals surface area contributed by atoms with Crippen LogP contribution in [0.4, 0.5) is 0 Å². The molecule has 0 bridgehead atoms. The minimum absolute atomic E-state index is 0.101. The number of allylic oxidation sites excluding steroid dienone is 1. The topological polar surface area (TPSA) is 65.8 Å². The Bertz CT molecular complexity index is 460. The van der Waals surface area contributed by atoms with E-state index in [2.05, 4.69) is 10.0 Å². The van der Waals surface area contributed by atoms with E-state index < -0.39 is 0 Å². The Labute approximate surface area is 93.2 Å². The van der Waals surface area contributed by atoms with Crippen LogP contribution >= 0.6 is 0 Å². The largest absolute Gasteiger partial charge is 0.292 e. The van der Waals surface area contributed by atoms with Crippen LogP contribution < -0.4 is 0 Å². The lowest BCUT2D eigenvalue weighted by Gasteiger charge is -1.91. The Kier molecular flexibility index (Phi) is 3.03. The van der Waals surface area contributed by atoms with Gasteiger partial charge in [-0.3, -0.25) is 4.79 Å². The molecular weight excluding hydrogens is 202 g/mol. The first-order valence-corrected chi connectivity index (χ1v) is 5.13. The van der Waals surface area contributed by atoms with Crippen LogP contribution in [-0.4, -0.2) is 5.91 Å². The normalized spacial score (nSPS) is 22.8. The van der Waals surface area contributed by atoms with Gasteiger partial charge in [0.25, 0.3) is 0 Å². The van der Waals surface area contributed by atoms with Gasteiger partial charge in [0.1, 0.15) is 0 Å². The van der Waals surface area contributed by atoms with Gasteiger partial charge < -0.3 is 0 Å². The van der Waals surface area contributed by atoms with Gasteiger partial charge in [-0.2, -0.15) is 0 Å². The standard InChI is InChI=1S/C12H11N3O/c13-15-14-12(16)11-8-10(11)7-6-9-4-2-1-3-5-9/h1-7,10-11H,8H2. The molecule has 0 aliphatic heterocycles. The predicted octanol–water partition coefficient (Wildman–Crippen LogP) is 3.17. The summed E-state index contributed by atoms with van der Waals surface area (Å²) >= 11 is 0. The minimum atomic E-state index is -0.342. The van der Waals surface area contributed by atoms with Crippen molar-refractivity contribution in [2.45, 2.75) is 6.42 Å². The van der Waals surface area contributed by atoms with E-state index in [9.17, 15) is 4.79 Å². The Morgan fingerprint density at radius 3 is 2.88 bits per heavy atom. The van der Waals surface area contributed by atoms with Crippen LogP contribution in [0.5, 0.6) is 0 Å². The first kappa shape index (κ1) is 10.5. The molecule has 2 atom stereocenters. The molecule has 0 N–H and O–H groups in total. The number of hydrogen-bond acceptors (Lipinski definition) is 1. The van der Waals surface area contributed by atoms with Crippen molar-refractivity contribution in [3.63, 3.8) is 0 Å². The summed E-state index contributed by atoms with van der Waals surface area (Å²) in [4.78, 5) is 13.7. The highest BCUT2D eigenvalue weighted by molar-refractivity contribution is 5.82. The fourth-order valence-electron chi connectivity index (χ4n) is 1.63. The third kappa shape index (κ3) is 2.49. The van der Waals surface area contributed by atoms with Crippen LogP contribution in [0.15, 0.2) is 41.5 Å². The second-order valence-corrected chi connectivity index (χ2v) is 3.80. The molecule has 2 unspecified atom stereocenters. The van der Waals surface area contributed by atoms with Gasteiger partial charge in [-0.25, -0.2) is 0 Å². The Hall–Kier alpha value is -2.06. The Morgan fingerprint density at radius 1 is 1.44 bits per heavy atom. The molecular formula is C12H11N3O. The molecule has 1 aliphatic carbocycles. The first-order chi connectivity index (χ1) is 7.81. The quantitative estimate of drug-likeness (QED) is 0.432. The highest BCUT2D eigenvalue weighted by Gasteiger charge is 2.40. The summed E-state index contributed by atoms with van der Waals surface area (Å²) in [5.41, 5.74) is 9.24. The van der Waals surface area contributed by atoms with Gasteiger partial charge in [-0.15, -0.1) is 0 Å². The number of carbonyl (C=O) groups excluding carboxylic acids is 1. The lowest BCUT2D eigenvalue weighted by atomic mass is 10.2. The van der Waals surface area contributed by atoms with Crippen LogP contribution in [0.3, 0.4) is 0 Å². The lowest BCUT2D eigenvalue weighted by Crippen LogP contribution is -1.95. The van der Waals surface area contributed by atoms with Crippen molar-refractivity contribution in [1.29, 1.82) is 0 Å². The molecule has 1 aromatic rings. The van der Waals surface area contributed by atoms with E-state index in [4.69, 9.17) is 5.53 Å². The van der Waals surface area contributed by atoms with Gasteiger partial charge in [0.15, 0.2) is 0 Å². The van der Waals surface area contributed by atoms with Gasteiger partial charge in [0.2, 0.25) is 5.91 Å². The average Bonchev–Trinajstić information content (AvgIpc) is 3.08. The second-order valence-electron chi connectivity index (χ2n) is 3.80. The van der Waals surface area contributed by atoms with Gasteiger partial charge in [-0.05, 0) is 28.5 Å². The van der Waals surface area contributed by atoms with Crippen molar-refractivity contribution in [3.05, 3.63) is 52.4 Å². The van der Waals surface area contributed by atoms with Crippen LogP contribution in [0.25, 0.3) is 16.5 Å². The third-order valence-corrected chi connectivity index (χ3v) is 2.64. The van der Waals surface area contributed by atoms with Gasteiger partial charge >= 0.3 is 0 Å². The molecule has 0 saturated heterocycles. The first-order valence-electron chi connectivity index (χ1n) is 5.13. The summed E-state index contributed by atoms with van der Waals surface area (Å²) in [6, 6.07) is 9.90. The summed E-state index contributed by atoms with van der Waals surface area (Å²) in [6.45, 7) is 0. The number of rotatable bonds is 3. The molecule has 0 heterocycles. The lowest BCUT2D eigenvalue weighted by molar-refractivity contribution is -0.119. The molecule has 1 aliphatic rings. The smallest absolute Gasteiger partial charge is 0.222 e. The van der Waals surface area contributed by atoms with E-state index in [1.807, 2.05) is 42.5 Å². The van der Waals surface area contributed by atoms with E-state index in [0.717, 1.165) is 12.0 Å². The van der Waals surface area contributed by atoms with Gasteiger partial charge in [0, 0.05) is 10.8 Å². The summed E-state index contributed by atoms with van der Waals surface area (Å²) in [6.07, 6.45) is 4.79. The van der Waals surface area contributed by atoms with Gasteiger partial charge in [-0.1, -0.05) is 42.5 Å². The van der Waals surface area contributed by atoms with Crippen LogP contribution in [-0.2, 0) is 4.79 Å². The molecule has 4 heteroatoms. The van der Waals surface area contributed by atoms with E-state index >= 15 is 0 Å². The highest BCUT2D eigenvalue weighted by Crippen LogP contribution is 2.41. The maximum atomic E-state index is 11.2. The summed E-state index contributed by atoms with van der Waals surface area (Å²) in [7, 11) is 0. The zero-order valence-corrected chi connectivity index (χ0v) is 8.65. The van der Waals surface area contributed by atoms with E-state index in [1.54, 1.807) is 0 Å². The maximum Gasteiger partial charge on any atom is 0.222 e. The van der Waals surface area contributed by atoms with Gasteiger partial charge in [0.05, 0.1) is 0 Å². The zero-order valence-electron chi connectivity index (χ0n) is 8.65. The highest BCUT2D eigenvalue weighted by atomic mass is 16.2. The van der Waals surface area contributed by atoms with Crippen molar-refractivity contribution in [2.24, 2.45) is 17.0 Å². The molecule has 0 radical (unpaired) electrons. The maximum absolute atomic E-state index is 11.2. The molecule has 1 fully saturated rings. The number of azide groups is 1. The number of carbonyl (C=O) groups is 1. The van der Waals surface area contributed by atoms with Crippen molar-refractivity contribution < 1.29 is 4.79 Å². The summed E-state index contributed by atoms with van der Waals surface area (Å²) in [5.74, 6) is -0.209. The second kappa shape index (κ2) is 4.64. The zero-order chi connectivity index (χ0) is 11.4. The summed E-state index contributed by atoms with van der Waals surface area (Å²) in [5, 5.41) is 3.10. The minimum Gasteiger partial charge on any atom is -0.292 e. The summed E-state index contributed by atoms with van der Waals surface area (Å²) < 4.78 is 0. The average molecular weight is 213 g/mol. The molecule has 80 valence electrons. The fourth-order valence-corrected chi connectivity index (χ4v) is 1.63. The molecule has 0 spiro atoms. The number of amides is 1. The SMILES string of the molecule is [N-]=[N+]=NC(=O)C1CC1C=Cc1ccccc1. The molecule has 1 amide bonds. The van der Waals surface area contributed by atoms with Crippen molar-refractivity contribution in [1.82, 2.24) is 0 Å². The predicted molar refractivity (Wildman–Crippen MR) is 61.2 cm³/mol. The van der Waals surface area contributed by atoms with E-state index in [0.29, 0.717) is 0 Å². The fraction of sp³-hybridized carbons (Fsp3) is 0.250.